The molecule has 0 aliphatic heterocycles. The van der Waals surface area contributed by atoms with Crippen LogP contribution in [0.3, 0.4) is 0 Å². The topological polar surface area (TPSA) is 37.8 Å². The van der Waals surface area contributed by atoms with Gasteiger partial charge in [0.05, 0.1) is 11.1 Å². The number of aryl methyl sites for hydroxylation is 1. The first kappa shape index (κ1) is 12.7. The molecule has 3 nitrogen and oxygen atoms in total. The molecule has 0 spiro atoms. The lowest BCUT2D eigenvalue weighted by atomic mass is 10.1. The van der Waals surface area contributed by atoms with Gasteiger partial charge >= 0.3 is 0 Å². The van der Waals surface area contributed by atoms with Crippen LogP contribution in [0.1, 0.15) is 35.6 Å². The average Bonchev–Trinajstić information content (AvgIpc) is 3.01. The summed E-state index contributed by atoms with van der Waals surface area (Å²) in [6, 6.07) is 4.71. The van der Waals surface area contributed by atoms with Crippen LogP contribution >= 0.6 is 22.9 Å². The molecule has 0 amide bonds. The zero-order valence-electron chi connectivity index (χ0n) is 9.93. The Balaban J connectivity index is 1.91. The van der Waals surface area contributed by atoms with Crippen molar-refractivity contribution < 1.29 is 0 Å². The van der Waals surface area contributed by atoms with E-state index < -0.39 is 0 Å². The van der Waals surface area contributed by atoms with E-state index in [4.69, 9.17) is 0 Å². The van der Waals surface area contributed by atoms with E-state index in [0.717, 1.165) is 25.8 Å². The molecule has 1 N–H and O–H groups in total. The Kier molecular flexibility index (Phi) is 5.09. The van der Waals surface area contributed by atoms with E-state index in [-0.39, 0.29) is 0 Å². The lowest BCUT2D eigenvalue weighted by molar-refractivity contribution is 0.507. The van der Waals surface area contributed by atoms with Gasteiger partial charge in [0.25, 0.3) is 0 Å². The van der Waals surface area contributed by atoms with Crippen LogP contribution in [0.25, 0.3) is 0 Å². The maximum absolute atomic E-state index is 3.95. The molecule has 1 unspecified atom stereocenters. The van der Waals surface area contributed by atoms with Gasteiger partial charge in [0.1, 0.15) is 0 Å². The van der Waals surface area contributed by atoms with Gasteiger partial charge in [0.2, 0.25) is 0 Å². The number of nitrogens with zero attached hydrogens (tertiary/aromatic N) is 2. The third-order valence-electron chi connectivity index (χ3n) is 2.62. The van der Waals surface area contributed by atoms with Crippen molar-refractivity contribution in [2.45, 2.75) is 32.2 Å². The number of thiophene rings is 1. The summed E-state index contributed by atoms with van der Waals surface area (Å²) in [5.41, 5.74) is 0. The van der Waals surface area contributed by atoms with Crippen LogP contribution in [-0.2, 0) is 6.42 Å². The van der Waals surface area contributed by atoms with E-state index in [1.165, 1.54) is 21.3 Å². The molecule has 2 aromatic rings. The summed E-state index contributed by atoms with van der Waals surface area (Å²) in [6.07, 6.45) is 5.27. The second-order valence-corrected chi connectivity index (χ2v) is 5.79. The summed E-state index contributed by atoms with van der Waals surface area (Å²) < 4.78 is 3.95. The van der Waals surface area contributed by atoms with Crippen LogP contribution in [-0.4, -0.2) is 16.1 Å². The molecule has 17 heavy (non-hydrogen) atoms. The van der Waals surface area contributed by atoms with Gasteiger partial charge in [-0.15, -0.1) is 16.4 Å². The lowest BCUT2D eigenvalue weighted by Crippen LogP contribution is -2.21. The summed E-state index contributed by atoms with van der Waals surface area (Å²) in [4.78, 5) is 2.70. The molecule has 2 aromatic heterocycles. The van der Waals surface area contributed by atoms with Gasteiger partial charge in [-0.2, -0.15) is 0 Å². The summed E-state index contributed by atoms with van der Waals surface area (Å²) in [6.45, 7) is 3.24. The standard InChI is InChI=1S/C12H17N3S2/c1-2-7-13-11(12-9-14-15-17-12)6-5-10-4-3-8-16-10/h3-4,8-9,11,13H,2,5-7H2,1H3. The second-order valence-electron chi connectivity index (χ2n) is 3.94. The fourth-order valence-corrected chi connectivity index (χ4v) is 3.07. The molecular weight excluding hydrogens is 250 g/mol. The third kappa shape index (κ3) is 3.87. The van der Waals surface area contributed by atoms with Gasteiger partial charge in [0, 0.05) is 10.9 Å². The highest BCUT2D eigenvalue weighted by atomic mass is 32.1. The van der Waals surface area contributed by atoms with Crippen LogP contribution in [0.2, 0.25) is 0 Å². The van der Waals surface area contributed by atoms with Crippen LogP contribution in [0.5, 0.6) is 0 Å². The van der Waals surface area contributed by atoms with Crippen molar-refractivity contribution in [3.05, 3.63) is 33.5 Å². The predicted octanol–water partition coefficient (Wildman–Crippen LogP) is 3.27. The zero-order valence-corrected chi connectivity index (χ0v) is 11.6. The zero-order chi connectivity index (χ0) is 11.9. The molecule has 0 aromatic carbocycles. The normalized spacial score (nSPS) is 12.8. The van der Waals surface area contributed by atoms with E-state index in [9.17, 15) is 0 Å². The Hall–Kier alpha value is -0.780. The Morgan fingerprint density at radius 1 is 1.47 bits per heavy atom. The molecule has 0 saturated carbocycles. The Morgan fingerprint density at radius 2 is 2.41 bits per heavy atom. The first-order chi connectivity index (χ1) is 8.40. The molecule has 0 bridgehead atoms. The molecule has 1 atom stereocenters. The first-order valence-electron chi connectivity index (χ1n) is 5.93. The van der Waals surface area contributed by atoms with E-state index in [0.29, 0.717) is 6.04 Å². The van der Waals surface area contributed by atoms with Crippen molar-refractivity contribution in [1.82, 2.24) is 14.9 Å². The van der Waals surface area contributed by atoms with Gasteiger partial charge in [-0.1, -0.05) is 17.5 Å². The van der Waals surface area contributed by atoms with Crippen molar-refractivity contribution in [3.8, 4) is 0 Å². The lowest BCUT2D eigenvalue weighted by Gasteiger charge is -2.15. The fourth-order valence-electron chi connectivity index (χ4n) is 1.73. The van der Waals surface area contributed by atoms with Crippen molar-refractivity contribution in [3.63, 3.8) is 0 Å². The van der Waals surface area contributed by atoms with Crippen molar-refractivity contribution in [2.24, 2.45) is 0 Å². The van der Waals surface area contributed by atoms with Gasteiger partial charge in [0.15, 0.2) is 0 Å². The smallest absolute Gasteiger partial charge is 0.0669 e. The van der Waals surface area contributed by atoms with Gasteiger partial charge in [-0.05, 0) is 48.8 Å². The van der Waals surface area contributed by atoms with E-state index >= 15 is 0 Å². The maximum atomic E-state index is 3.95. The number of rotatable bonds is 7. The Bertz CT molecular complexity index is 397. The molecule has 0 fully saturated rings. The molecule has 0 aliphatic rings. The molecule has 0 aliphatic carbocycles. The molecule has 2 rings (SSSR count). The fraction of sp³-hybridized carbons (Fsp3) is 0.500. The van der Waals surface area contributed by atoms with E-state index in [1.807, 2.05) is 17.5 Å². The highest BCUT2D eigenvalue weighted by Gasteiger charge is 2.13. The highest BCUT2D eigenvalue weighted by molar-refractivity contribution is 7.09. The first-order valence-corrected chi connectivity index (χ1v) is 7.58. The minimum absolute atomic E-state index is 0.400. The molecule has 2 heterocycles. The van der Waals surface area contributed by atoms with Crippen LogP contribution < -0.4 is 5.32 Å². The van der Waals surface area contributed by atoms with Crippen molar-refractivity contribution in [1.29, 1.82) is 0 Å². The monoisotopic (exact) mass is 267 g/mol. The number of hydrogen-bond donors (Lipinski definition) is 1. The van der Waals surface area contributed by atoms with Crippen LogP contribution in [0.4, 0.5) is 0 Å². The van der Waals surface area contributed by atoms with E-state index in [2.05, 4.69) is 39.3 Å². The average molecular weight is 267 g/mol. The third-order valence-corrected chi connectivity index (χ3v) is 4.33. The predicted molar refractivity (Wildman–Crippen MR) is 73.6 cm³/mol. The SMILES string of the molecule is CCCNC(CCc1cccs1)c1cnns1. The maximum Gasteiger partial charge on any atom is 0.0669 e. The van der Waals surface area contributed by atoms with Gasteiger partial charge < -0.3 is 5.32 Å². The van der Waals surface area contributed by atoms with Crippen molar-refractivity contribution >= 4 is 22.9 Å². The van der Waals surface area contributed by atoms with Gasteiger partial charge in [-0.25, -0.2) is 0 Å². The van der Waals surface area contributed by atoms with Gasteiger partial charge in [-0.3, -0.25) is 0 Å². The number of nitrogens with one attached hydrogen (secondary N) is 1. The van der Waals surface area contributed by atoms with Crippen molar-refractivity contribution in [2.75, 3.05) is 6.54 Å². The molecule has 5 heteroatoms. The minimum Gasteiger partial charge on any atom is -0.309 e. The molecular formula is C12H17N3S2. The molecule has 92 valence electrons. The largest absolute Gasteiger partial charge is 0.309 e. The minimum atomic E-state index is 0.400. The summed E-state index contributed by atoms with van der Waals surface area (Å²) >= 11 is 3.33. The number of hydrogen-bond acceptors (Lipinski definition) is 5. The quantitative estimate of drug-likeness (QED) is 0.836. The Morgan fingerprint density at radius 3 is 3.06 bits per heavy atom. The van der Waals surface area contributed by atoms with Crippen LogP contribution in [0.15, 0.2) is 23.7 Å². The summed E-state index contributed by atoms with van der Waals surface area (Å²) in [5, 5.41) is 9.63. The second kappa shape index (κ2) is 6.83. The van der Waals surface area contributed by atoms with Crippen LogP contribution in [0, 0.1) is 0 Å². The number of aromatic nitrogens is 2. The molecule has 0 saturated heterocycles. The molecule has 0 radical (unpaired) electrons. The summed E-state index contributed by atoms with van der Waals surface area (Å²) in [5.74, 6) is 0. The summed E-state index contributed by atoms with van der Waals surface area (Å²) in [7, 11) is 0. The Labute approximate surface area is 110 Å². The van der Waals surface area contributed by atoms with E-state index in [1.54, 1.807) is 0 Å². The highest BCUT2D eigenvalue weighted by Crippen LogP contribution is 2.22.